The maximum absolute atomic E-state index is 3.88. The van der Waals surface area contributed by atoms with Gasteiger partial charge in [-0.25, -0.2) is 0 Å². The number of benzene rings is 1. The van der Waals surface area contributed by atoms with Crippen LogP contribution < -0.4 is 0 Å². The highest BCUT2D eigenvalue weighted by molar-refractivity contribution is 9.09. The number of halogens is 1. The average molecular weight is 295 g/mol. The highest BCUT2D eigenvalue weighted by Gasteiger charge is 2.17. The first-order valence-corrected chi connectivity index (χ1v) is 7.79. The second-order valence-corrected chi connectivity index (χ2v) is 6.66. The Morgan fingerprint density at radius 2 is 1.94 bits per heavy atom. The number of rotatable bonds is 4. The zero-order chi connectivity index (χ0) is 12.3. The summed E-state index contributed by atoms with van der Waals surface area (Å²) in [5, 5.41) is 0. The molecule has 1 aromatic carbocycles. The van der Waals surface area contributed by atoms with E-state index in [0.717, 1.165) is 5.92 Å². The fourth-order valence-corrected chi connectivity index (χ4v) is 3.69. The lowest BCUT2D eigenvalue weighted by molar-refractivity contribution is 0.482. The van der Waals surface area contributed by atoms with Gasteiger partial charge in [-0.05, 0) is 43.7 Å². The third-order valence-electron chi connectivity index (χ3n) is 4.08. The molecular weight excluding hydrogens is 272 g/mol. The van der Waals surface area contributed by atoms with E-state index < -0.39 is 0 Å². The van der Waals surface area contributed by atoms with Crippen molar-refractivity contribution >= 4 is 15.9 Å². The second kappa shape index (κ2) is 6.04. The molecule has 0 bridgehead atoms. The van der Waals surface area contributed by atoms with Gasteiger partial charge < -0.3 is 0 Å². The second-order valence-electron chi connectivity index (χ2n) is 5.56. The molecule has 1 atom stereocenters. The van der Waals surface area contributed by atoms with Crippen molar-refractivity contribution < 1.29 is 0 Å². The van der Waals surface area contributed by atoms with Crippen molar-refractivity contribution in [1.82, 2.24) is 0 Å². The molecule has 0 radical (unpaired) electrons. The Bertz CT molecular complexity index is 364. The van der Waals surface area contributed by atoms with Gasteiger partial charge in [-0.15, -0.1) is 0 Å². The monoisotopic (exact) mass is 294 g/mol. The fourth-order valence-electron chi connectivity index (χ4n) is 2.93. The van der Waals surface area contributed by atoms with Crippen LogP contribution in [0.25, 0.3) is 0 Å². The Kier molecular flexibility index (Phi) is 4.67. The molecular formula is C16H23Br. The van der Waals surface area contributed by atoms with Gasteiger partial charge in [0.2, 0.25) is 0 Å². The Hall–Kier alpha value is -0.300. The summed E-state index contributed by atoms with van der Waals surface area (Å²) < 4.78 is 0. The van der Waals surface area contributed by atoms with E-state index >= 15 is 0 Å². The zero-order valence-corrected chi connectivity index (χ0v) is 12.6. The first-order valence-electron chi connectivity index (χ1n) is 6.88. The molecule has 0 nitrogen and oxygen atoms in total. The third-order valence-corrected chi connectivity index (χ3v) is 5.03. The van der Waals surface area contributed by atoms with Crippen LogP contribution in [0, 0.1) is 19.8 Å². The quantitative estimate of drug-likeness (QED) is 0.624. The minimum absolute atomic E-state index is 0.544. The molecule has 0 spiro atoms. The number of aryl methyl sites for hydroxylation is 2. The van der Waals surface area contributed by atoms with Gasteiger partial charge in [-0.3, -0.25) is 0 Å². The largest absolute Gasteiger partial charge is 0.0839 e. The minimum atomic E-state index is 0.544. The molecule has 0 heterocycles. The Labute approximate surface area is 114 Å². The average Bonchev–Trinajstić information content (AvgIpc) is 2.82. The summed E-state index contributed by atoms with van der Waals surface area (Å²) in [6, 6.07) is 6.79. The summed E-state index contributed by atoms with van der Waals surface area (Å²) in [5.74, 6) is 1.00. The molecule has 2 rings (SSSR count). The van der Waals surface area contributed by atoms with Gasteiger partial charge >= 0.3 is 0 Å². The number of hydrogen-bond acceptors (Lipinski definition) is 0. The Morgan fingerprint density at radius 1 is 1.24 bits per heavy atom. The molecule has 1 unspecified atom stereocenters. The summed E-state index contributed by atoms with van der Waals surface area (Å²) in [5.41, 5.74) is 4.28. The maximum atomic E-state index is 3.88. The summed E-state index contributed by atoms with van der Waals surface area (Å²) in [7, 11) is 0. The molecule has 1 saturated carbocycles. The fraction of sp³-hybridized carbons (Fsp3) is 0.625. The summed E-state index contributed by atoms with van der Waals surface area (Å²) >= 11 is 3.88. The standard InChI is InChI=1S/C16H23Br/c1-12-7-8-13(2)15(11-12)16(17)10-9-14-5-3-4-6-14/h7-8,11,14,16H,3-6,9-10H2,1-2H3. The predicted octanol–water partition coefficient (Wildman–Crippen LogP) is 5.71. The molecule has 94 valence electrons. The molecule has 1 aliphatic carbocycles. The first-order chi connectivity index (χ1) is 8.16. The van der Waals surface area contributed by atoms with Crippen molar-refractivity contribution in [1.29, 1.82) is 0 Å². The van der Waals surface area contributed by atoms with Crippen molar-refractivity contribution in [3.05, 3.63) is 34.9 Å². The highest BCUT2D eigenvalue weighted by Crippen LogP contribution is 2.36. The lowest BCUT2D eigenvalue weighted by Crippen LogP contribution is -1.99. The van der Waals surface area contributed by atoms with Gasteiger partial charge in [0, 0.05) is 4.83 Å². The smallest absolute Gasteiger partial charge is 0.0398 e. The summed E-state index contributed by atoms with van der Waals surface area (Å²) in [4.78, 5) is 0.544. The molecule has 0 aliphatic heterocycles. The van der Waals surface area contributed by atoms with E-state index in [0.29, 0.717) is 4.83 Å². The van der Waals surface area contributed by atoms with Crippen LogP contribution >= 0.6 is 15.9 Å². The van der Waals surface area contributed by atoms with Crippen LogP contribution in [0.2, 0.25) is 0 Å². The van der Waals surface area contributed by atoms with Crippen LogP contribution in [-0.4, -0.2) is 0 Å². The van der Waals surface area contributed by atoms with E-state index in [2.05, 4.69) is 48.0 Å². The van der Waals surface area contributed by atoms with E-state index in [1.807, 2.05) is 0 Å². The predicted molar refractivity (Wildman–Crippen MR) is 78.8 cm³/mol. The summed E-state index contributed by atoms with van der Waals surface area (Å²) in [6.07, 6.45) is 8.53. The molecule has 1 fully saturated rings. The molecule has 0 aromatic heterocycles. The van der Waals surface area contributed by atoms with Gasteiger partial charge in [0.1, 0.15) is 0 Å². The minimum Gasteiger partial charge on any atom is -0.0839 e. The molecule has 0 amide bonds. The van der Waals surface area contributed by atoms with Crippen LogP contribution in [0.3, 0.4) is 0 Å². The highest BCUT2D eigenvalue weighted by atomic mass is 79.9. The number of alkyl halides is 1. The molecule has 0 N–H and O–H groups in total. The zero-order valence-electron chi connectivity index (χ0n) is 11.0. The van der Waals surface area contributed by atoms with Crippen molar-refractivity contribution in [2.75, 3.05) is 0 Å². The topological polar surface area (TPSA) is 0 Å². The van der Waals surface area contributed by atoms with E-state index in [4.69, 9.17) is 0 Å². The van der Waals surface area contributed by atoms with Crippen molar-refractivity contribution in [2.45, 2.75) is 57.2 Å². The van der Waals surface area contributed by atoms with Gasteiger partial charge in [-0.2, -0.15) is 0 Å². The normalized spacial score (nSPS) is 18.5. The molecule has 17 heavy (non-hydrogen) atoms. The molecule has 1 aliphatic rings. The molecule has 1 heteroatoms. The van der Waals surface area contributed by atoms with Gasteiger partial charge in [0.25, 0.3) is 0 Å². The van der Waals surface area contributed by atoms with E-state index in [1.54, 1.807) is 0 Å². The van der Waals surface area contributed by atoms with E-state index in [1.165, 1.54) is 55.2 Å². The molecule has 1 aromatic rings. The van der Waals surface area contributed by atoms with Crippen LogP contribution in [0.15, 0.2) is 18.2 Å². The Morgan fingerprint density at radius 3 is 2.65 bits per heavy atom. The van der Waals surface area contributed by atoms with Crippen molar-refractivity contribution in [3.8, 4) is 0 Å². The number of hydrogen-bond donors (Lipinski definition) is 0. The van der Waals surface area contributed by atoms with E-state index in [-0.39, 0.29) is 0 Å². The SMILES string of the molecule is Cc1ccc(C)c(C(Br)CCC2CCCC2)c1. The Balaban J connectivity index is 1.93. The van der Waals surface area contributed by atoms with Gasteiger partial charge in [0.15, 0.2) is 0 Å². The van der Waals surface area contributed by atoms with Crippen LogP contribution in [0.5, 0.6) is 0 Å². The van der Waals surface area contributed by atoms with Crippen LogP contribution in [0.4, 0.5) is 0 Å². The van der Waals surface area contributed by atoms with Gasteiger partial charge in [0.05, 0.1) is 0 Å². The van der Waals surface area contributed by atoms with Crippen LogP contribution in [-0.2, 0) is 0 Å². The lowest BCUT2D eigenvalue weighted by Gasteiger charge is -2.16. The van der Waals surface area contributed by atoms with Crippen molar-refractivity contribution in [3.63, 3.8) is 0 Å². The lowest BCUT2D eigenvalue weighted by atomic mass is 9.95. The molecule has 0 saturated heterocycles. The van der Waals surface area contributed by atoms with Crippen molar-refractivity contribution in [2.24, 2.45) is 5.92 Å². The first kappa shape index (κ1) is 13.1. The maximum Gasteiger partial charge on any atom is 0.0398 e. The van der Waals surface area contributed by atoms with E-state index in [9.17, 15) is 0 Å². The van der Waals surface area contributed by atoms with Gasteiger partial charge in [-0.1, -0.05) is 65.4 Å². The summed E-state index contributed by atoms with van der Waals surface area (Å²) in [6.45, 7) is 4.40. The third kappa shape index (κ3) is 3.58. The van der Waals surface area contributed by atoms with Crippen LogP contribution in [0.1, 0.15) is 60.0 Å².